The van der Waals surface area contributed by atoms with Crippen LogP contribution in [-0.2, 0) is 4.74 Å². The molecule has 0 amide bonds. The smallest absolute Gasteiger partial charge is 0.0977 e. The predicted octanol–water partition coefficient (Wildman–Crippen LogP) is 4.47. The van der Waals surface area contributed by atoms with Crippen molar-refractivity contribution >= 4 is 11.6 Å². The van der Waals surface area contributed by atoms with Crippen LogP contribution in [0.3, 0.4) is 0 Å². The second-order valence-electron chi connectivity index (χ2n) is 5.58. The van der Waals surface area contributed by atoms with Crippen molar-refractivity contribution in [3.8, 4) is 0 Å². The predicted molar refractivity (Wildman–Crippen MR) is 80.4 cm³/mol. The molecule has 1 saturated carbocycles. The summed E-state index contributed by atoms with van der Waals surface area (Å²) in [5.41, 5.74) is 7.20. The number of halogens is 1. The first kappa shape index (κ1) is 14.8. The van der Waals surface area contributed by atoms with Gasteiger partial charge in [-0.25, -0.2) is 0 Å². The van der Waals surface area contributed by atoms with Gasteiger partial charge in [-0.1, -0.05) is 49.4 Å². The Kier molecular flexibility index (Phi) is 5.68. The van der Waals surface area contributed by atoms with Crippen LogP contribution in [0.2, 0.25) is 5.02 Å². The van der Waals surface area contributed by atoms with Gasteiger partial charge >= 0.3 is 0 Å². The third-order valence-electron chi connectivity index (χ3n) is 3.80. The fourth-order valence-corrected chi connectivity index (χ4v) is 2.97. The van der Waals surface area contributed by atoms with Crippen molar-refractivity contribution in [3.63, 3.8) is 0 Å². The molecule has 2 nitrogen and oxygen atoms in total. The van der Waals surface area contributed by atoms with Crippen molar-refractivity contribution in [2.24, 2.45) is 5.73 Å². The van der Waals surface area contributed by atoms with Gasteiger partial charge in [-0.3, -0.25) is 0 Å². The van der Waals surface area contributed by atoms with Gasteiger partial charge in [0, 0.05) is 11.1 Å². The van der Waals surface area contributed by atoms with Crippen molar-refractivity contribution in [2.45, 2.75) is 63.7 Å². The summed E-state index contributed by atoms with van der Waals surface area (Å²) in [5.74, 6) is 0. The lowest BCUT2D eigenvalue weighted by Crippen LogP contribution is -2.30. The van der Waals surface area contributed by atoms with E-state index in [-0.39, 0.29) is 12.1 Å². The molecule has 0 aliphatic heterocycles. The Balaban J connectivity index is 2.07. The molecule has 1 aliphatic rings. The summed E-state index contributed by atoms with van der Waals surface area (Å²) in [7, 11) is 0. The molecule has 0 bridgehead atoms. The summed E-state index contributed by atoms with van der Waals surface area (Å²) in [6, 6.07) is 7.84. The van der Waals surface area contributed by atoms with Gasteiger partial charge in [-0.15, -0.1) is 0 Å². The molecule has 3 heteroatoms. The molecule has 0 radical (unpaired) electrons. The fraction of sp³-hybridized carbons (Fsp3) is 0.625. The molecular weight excluding hydrogens is 258 g/mol. The highest BCUT2D eigenvalue weighted by atomic mass is 35.5. The molecule has 2 N–H and O–H groups in total. The van der Waals surface area contributed by atoms with Crippen LogP contribution in [0.4, 0.5) is 0 Å². The van der Waals surface area contributed by atoms with Crippen LogP contribution in [-0.4, -0.2) is 12.1 Å². The number of ether oxygens (including phenoxy) is 1. The average molecular weight is 282 g/mol. The summed E-state index contributed by atoms with van der Waals surface area (Å²) >= 11 is 6.07. The number of rotatable bonds is 4. The SMILES string of the molecule is CC(N)C(OC1CCCCCC1)c1cccc(Cl)c1. The van der Waals surface area contributed by atoms with Gasteiger partial charge in [0.1, 0.15) is 0 Å². The minimum Gasteiger partial charge on any atom is -0.369 e. The summed E-state index contributed by atoms with van der Waals surface area (Å²) in [5, 5.41) is 0.743. The molecule has 2 atom stereocenters. The Morgan fingerprint density at radius 1 is 1.21 bits per heavy atom. The second-order valence-corrected chi connectivity index (χ2v) is 6.02. The number of hydrogen-bond acceptors (Lipinski definition) is 2. The number of hydrogen-bond donors (Lipinski definition) is 1. The van der Waals surface area contributed by atoms with Crippen LogP contribution in [0.25, 0.3) is 0 Å². The van der Waals surface area contributed by atoms with Gasteiger partial charge in [0.25, 0.3) is 0 Å². The summed E-state index contributed by atoms with van der Waals surface area (Å²) in [6.45, 7) is 2.00. The van der Waals surface area contributed by atoms with Gasteiger partial charge < -0.3 is 10.5 Å². The largest absolute Gasteiger partial charge is 0.369 e. The van der Waals surface area contributed by atoms with Gasteiger partial charge in [0.05, 0.1) is 12.2 Å². The van der Waals surface area contributed by atoms with E-state index in [2.05, 4.69) is 6.07 Å². The van der Waals surface area contributed by atoms with Crippen LogP contribution in [0, 0.1) is 0 Å². The molecule has 0 aromatic heterocycles. The van der Waals surface area contributed by atoms with Crippen molar-refractivity contribution in [1.82, 2.24) is 0 Å². The van der Waals surface area contributed by atoms with Crippen LogP contribution < -0.4 is 5.73 Å². The summed E-state index contributed by atoms with van der Waals surface area (Å²) in [4.78, 5) is 0. The summed E-state index contributed by atoms with van der Waals surface area (Å²) in [6.07, 6.45) is 7.81. The van der Waals surface area contributed by atoms with Gasteiger partial charge in [0.2, 0.25) is 0 Å². The van der Waals surface area contributed by atoms with E-state index in [1.165, 1.54) is 25.7 Å². The molecule has 0 saturated heterocycles. The molecule has 0 heterocycles. The monoisotopic (exact) mass is 281 g/mol. The molecule has 1 aromatic carbocycles. The molecule has 1 aromatic rings. The third-order valence-corrected chi connectivity index (χ3v) is 4.03. The van der Waals surface area contributed by atoms with Crippen LogP contribution >= 0.6 is 11.6 Å². The molecule has 19 heavy (non-hydrogen) atoms. The molecule has 0 spiro atoms. The highest BCUT2D eigenvalue weighted by Crippen LogP contribution is 2.29. The lowest BCUT2D eigenvalue weighted by molar-refractivity contribution is -0.0308. The molecule has 106 valence electrons. The van der Waals surface area contributed by atoms with Gasteiger partial charge in [0.15, 0.2) is 0 Å². The lowest BCUT2D eigenvalue weighted by Gasteiger charge is -2.27. The van der Waals surface area contributed by atoms with E-state index >= 15 is 0 Å². The van der Waals surface area contributed by atoms with Crippen LogP contribution in [0.15, 0.2) is 24.3 Å². The normalized spacial score (nSPS) is 20.8. The third kappa shape index (κ3) is 4.48. The van der Waals surface area contributed by atoms with E-state index < -0.39 is 0 Å². The fourth-order valence-electron chi connectivity index (χ4n) is 2.77. The van der Waals surface area contributed by atoms with Crippen molar-refractivity contribution in [2.75, 3.05) is 0 Å². The Hall–Kier alpha value is -0.570. The Morgan fingerprint density at radius 3 is 2.47 bits per heavy atom. The minimum absolute atomic E-state index is 0.0262. The summed E-state index contributed by atoms with van der Waals surface area (Å²) < 4.78 is 6.29. The van der Waals surface area contributed by atoms with Gasteiger partial charge in [-0.2, -0.15) is 0 Å². The standard InChI is InChI=1S/C16H24ClNO/c1-12(18)16(13-7-6-8-14(17)11-13)19-15-9-4-2-3-5-10-15/h6-8,11-12,15-16H,2-5,9-10,18H2,1H3. The van der Waals surface area contributed by atoms with Crippen LogP contribution in [0.1, 0.15) is 57.1 Å². The quantitative estimate of drug-likeness (QED) is 0.827. The minimum atomic E-state index is -0.0539. The molecule has 1 aliphatic carbocycles. The number of benzene rings is 1. The van der Waals surface area contributed by atoms with E-state index in [1.807, 2.05) is 25.1 Å². The molecule has 2 unspecified atom stereocenters. The van der Waals surface area contributed by atoms with Gasteiger partial charge in [-0.05, 0) is 37.5 Å². The van der Waals surface area contributed by atoms with E-state index in [4.69, 9.17) is 22.1 Å². The maximum Gasteiger partial charge on any atom is 0.0977 e. The van der Waals surface area contributed by atoms with E-state index in [0.29, 0.717) is 6.10 Å². The average Bonchev–Trinajstić information content (AvgIpc) is 2.64. The van der Waals surface area contributed by atoms with E-state index in [1.54, 1.807) is 0 Å². The Bertz CT molecular complexity index is 386. The zero-order valence-electron chi connectivity index (χ0n) is 11.6. The van der Waals surface area contributed by atoms with Crippen molar-refractivity contribution in [1.29, 1.82) is 0 Å². The van der Waals surface area contributed by atoms with E-state index in [0.717, 1.165) is 23.4 Å². The van der Waals surface area contributed by atoms with Crippen molar-refractivity contribution < 1.29 is 4.74 Å². The Morgan fingerprint density at radius 2 is 1.89 bits per heavy atom. The first-order chi connectivity index (χ1) is 9.16. The Labute approximate surface area is 121 Å². The molecule has 2 rings (SSSR count). The topological polar surface area (TPSA) is 35.2 Å². The highest BCUT2D eigenvalue weighted by molar-refractivity contribution is 6.30. The maximum absolute atomic E-state index is 6.29. The molecular formula is C16H24ClNO. The zero-order valence-corrected chi connectivity index (χ0v) is 12.4. The zero-order chi connectivity index (χ0) is 13.7. The first-order valence-corrected chi connectivity index (χ1v) is 7.71. The second kappa shape index (κ2) is 7.28. The number of nitrogens with two attached hydrogens (primary N) is 1. The van der Waals surface area contributed by atoms with Crippen LogP contribution in [0.5, 0.6) is 0 Å². The highest BCUT2D eigenvalue weighted by Gasteiger charge is 2.22. The first-order valence-electron chi connectivity index (χ1n) is 7.33. The maximum atomic E-state index is 6.29. The lowest BCUT2D eigenvalue weighted by atomic mass is 10.0. The van der Waals surface area contributed by atoms with E-state index in [9.17, 15) is 0 Å². The van der Waals surface area contributed by atoms with Crippen molar-refractivity contribution in [3.05, 3.63) is 34.9 Å². The molecule has 1 fully saturated rings.